The summed E-state index contributed by atoms with van der Waals surface area (Å²) in [6.45, 7) is 2.93. The van der Waals surface area contributed by atoms with Crippen LogP contribution in [0.25, 0.3) is 16.3 Å². The van der Waals surface area contributed by atoms with Gasteiger partial charge in [-0.05, 0) is 42.1 Å². The first-order valence-corrected chi connectivity index (χ1v) is 9.34. The van der Waals surface area contributed by atoms with E-state index in [1.165, 1.54) is 17.4 Å². The molecule has 1 amide bonds. The monoisotopic (exact) mass is 362 g/mol. The summed E-state index contributed by atoms with van der Waals surface area (Å²) in [5.74, 6) is -0.249. The highest BCUT2D eigenvalue weighted by molar-refractivity contribution is 7.16. The van der Waals surface area contributed by atoms with Crippen LogP contribution in [-0.2, 0) is 11.3 Å². The Morgan fingerprint density at radius 2 is 2.26 bits per heavy atom. The van der Waals surface area contributed by atoms with Crippen LogP contribution >= 0.6 is 34.3 Å². The molecule has 0 saturated heterocycles. The number of amides is 1. The average Bonchev–Trinajstić information content (AvgIpc) is 3.14. The number of hydrogen-bond acceptors (Lipinski definition) is 3. The van der Waals surface area contributed by atoms with E-state index in [0.29, 0.717) is 9.82 Å². The number of rotatable bonds is 4. The third kappa shape index (κ3) is 3.80. The van der Waals surface area contributed by atoms with Crippen LogP contribution in [0, 0.1) is 0 Å². The molecule has 0 fully saturated rings. The third-order valence-electron chi connectivity index (χ3n) is 3.23. The molecule has 2 aromatic heterocycles. The lowest BCUT2D eigenvalue weighted by Gasteiger charge is -2.02. The Kier molecular flexibility index (Phi) is 5.10. The van der Waals surface area contributed by atoms with Gasteiger partial charge in [0.1, 0.15) is 0 Å². The second-order valence-corrected chi connectivity index (χ2v) is 7.37. The lowest BCUT2D eigenvalue weighted by molar-refractivity contribution is -0.113. The van der Waals surface area contributed by atoms with Gasteiger partial charge in [0.15, 0.2) is 4.80 Å². The maximum absolute atomic E-state index is 12.1. The molecule has 23 heavy (non-hydrogen) atoms. The maximum atomic E-state index is 12.1. The van der Waals surface area contributed by atoms with Gasteiger partial charge in [-0.1, -0.05) is 35.9 Å². The van der Waals surface area contributed by atoms with Gasteiger partial charge in [0, 0.05) is 22.5 Å². The molecule has 2 heterocycles. The molecule has 3 rings (SSSR count). The van der Waals surface area contributed by atoms with Crippen molar-refractivity contribution in [3.8, 4) is 0 Å². The fraction of sp³-hybridized carbons (Fsp3) is 0.176. The summed E-state index contributed by atoms with van der Waals surface area (Å²) in [4.78, 5) is 18.1. The van der Waals surface area contributed by atoms with Crippen molar-refractivity contribution < 1.29 is 4.79 Å². The van der Waals surface area contributed by atoms with Crippen molar-refractivity contribution in [2.75, 3.05) is 0 Å². The summed E-state index contributed by atoms with van der Waals surface area (Å²) in [5, 5.41) is 2.67. The number of carbonyl (C=O) groups is 1. The number of fused-ring (bicyclic) bond motifs is 1. The summed E-state index contributed by atoms with van der Waals surface area (Å²) in [5.41, 5.74) is 1.06. The van der Waals surface area contributed by atoms with E-state index in [0.717, 1.165) is 28.1 Å². The molecule has 0 unspecified atom stereocenters. The van der Waals surface area contributed by atoms with Gasteiger partial charge in [0.25, 0.3) is 5.91 Å². The number of aryl methyl sites for hydroxylation is 1. The van der Waals surface area contributed by atoms with Crippen molar-refractivity contribution in [3.05, 3.63) is 56.5 Å². The van der Waals surface area contributed by atoms with Crippen molar-refractivity contribution in [3.63, 3.8) is 0 Å². The lowest BCUT2D eigenvalue weighted by atomic mass is 10.3. The van der Waals surface area contributed by atoms with Crippen LogP contribution in [0.3, 0.4) is 0 Å². The Bertz CT molecular complexity index is 920. The summed E-state index contributed by atoms with van der Waals surface area (Å²) < 4.78 is 3.12. The molecule has 0 atom stereocenters. The van der Waals surface area contributed by atoms with Crippen molar-refractivity contribution in [2.24, 2.45) is 4.99 Å². The maximum Gasteiger partial charge on any atom is 0.272 e. The van der Waals surface area contributed by atoms with Crippen molar-refractivity contribution in [2.45, 2.75) is 19.9 Å². The Hall–Kier alpha value is -1.69. The van der Waals surface area contributed by atoms with Gasteiger partial charge >= 0.3 is 0 Å². The summed E-state index contributed by atoms with van der Waals surface area (Å²) in [6, 6.07) is 9.68. The zero-order valence-corrected chi connectivity index (χ0v) is 14.9. The predicted molar refractivity (Wildman–Crippen MR) is 99.0 cm³/mol. The predicted octanol–water partition coefficient (Wildman–Crippen LogP) is 4.97. The highest BCUT2D eigenvalue weighted by Gasteiger charge is 2.07. The van der Waals surface area contributed by atoms with Crippen LogP contribution in [0.15, 0.2) is 46.8 Å². The fourth-order valence-electron chi connectivity index (χ4n) is 2.24. The Balaban J connectivity index is 2.00. The van der Waals surface area contributed by atoms with Crippen LogP contribution < -0.4 is 4.80 Å². The summed E-state index contributed by atoms with van der Waals surface area (Å²) in [6.07, 6.45) is 4.28. The quantitative estimate of drug-likeness (QED) is 0.603. The number of thiophene rings is 1. The molecule has 0 saturated carbocycles. The normalized spacial score (nSPS) is 12.5. The molecule has 0 N–H and O–H groups in total. The van der Waals surface area contributed by atoms with Crippen LogP contribution in [-0.4, -0.2) is 10.5 Å². The topological polar surface area (TPSA) is 34.4 Å². The number of thiazole rings is 1. The highest BCUT2D eigenvalue weighted by atomic mass is 35.5. The van der Waals surface area contributed by atoms with E-state index in [1.807, 2.05) is 35.7 Å². The number of aromatic nitrogens is 1. The SMILES string of the molecule is CCCn1c(=NC(=O)C=Cc2cccs2)sc2cc(Cl)ccc21. The van der Waals surface area contributed by atoms with E-state index < -0.39 is 0 Å². The van der Waals surface area contributed by atoms with Gasteiger partial charge in [-0.3, -0.25) is 4.79 Å². The van der Waals surface area contributed by atoms with Gasteiger partial charge in [-0.2, -0.15) is 4.99 Å². The zero-order valence-electron chi connectivity index (χ0n) is 12.5. The largest absolute Gasteiger partial charge is 0.316 e. The molecular weight excluding hydrogens is 348 g/mol. The zero-order chi connectivity index (χ0) is 16.2. The third-order valence-corrected chi connectivity index (χ3v) is 5.35. The van der Waals surface area contributed by atoms with Gasteiger partial charge in [-0.25, -0.2) is 0 Å². The molecule has 0 aliphatic rings. The summed E-state index contributed by atoms with van der Waals surface area (Å²) >= 11 is 9.14. The standard InChI is InChI=1S/C17H15ClN2OS2/c1-2-9-20-14-7-5-12(18)11-15(14)23-17(20)19-16(21)8-6-13-4-3-10-22-13/h3-8,10-11H,2,9H2,1H3. The van der Waals surface area contributed by atoms with Gasteiger partial charge in [-0.15, -0.1) is 11.3 Å². The van der Waals surface area contributed by atoms with Crippen LogP contribution in [0.4, 0.5) is 0 Å². The van der Waals surface area contributed by atoms with E-state index in [9.17, 15) is 4.79 Å². The van der Waals surface area contributed by atoms with Crippen molar-refractivity contribution in [1.82, 2.24) is 4.57 Å². The first kappa shape index (κ1) is 16.2. The van der Waals surface area contributed by atoms with Crippen molar-refractivity contribution >= 4 is 56.5 Å². The molecule has 3 aromatic rings. The van der Waals surface area contributed by atoms with Crippen molar-refractivity contribution in [1.29, 1.82) is 0 Å². The van der Waals surface area contributed by atoms with Gasteiger partial charge in [0.05, 0.1) is 10.2 Å². The second-order valence-electron chi connectivity index (χ2n) is 4.95. The molecule has 1 aromatic carbocycles. The number of nitrogens with zero attached hydrogens (tertiary/aromatic N) is 2. The average molecular weight is 363 g/mol. The Labute approximate surface area is 147 Å². The van der Waals surface area contributed by atoms with Gasteiger partial charge in [0.2, 0.25) is 0 Å². The molecule has 0 bridgehead atoms. The number of benzene rings is 1. The number of halogens is 1. The highest BCUT2D eigenvalue weighted by Crippen LogP contribution is 2.22. The Morgan fingerprint density at radius 1 is 1.39 bits per heavy atom. The second kappa shape index (κ2) is 7.25. The van der Waals surface area contributed by atoms with Crippen LogP contribution in [0.5, 0.6) is 0 Å². The van der Waals surface area contributed by atoms with Gasteiger partial charge < -0.3 is 4.57 Å². The first-order valence-electron chi connectivity index (χ1n) is 7.26. The van der Waals surface area contributed by atoms with E-state index in [4.69, 9.17) is 11.6 Å². The van der Waals surface area contributed by atoms with Crippen LogP contribution in [0.1, 0.15) is 18.2 Å². The van der Waals surface area contributed by atoms with E-state index in [1.54, 1.807) is 17.4 Å². The molecule has 0 radical (unpaired) electrons. The molecule has 118 valence electrons. The molecule has 0 aliphatic heterocycles. The smallest absolute Gasteiger partial charge is 0.272 e. The van der Waals surface area contributed by atoms with E-state index >= 15 is 0 Å². The minimum atomic E-state index is -0.249. The Morgan fingerprint density at radius 3 is 3.00 bits per heavy atom. The number of hydrogen-bond donors (Lipinski definition) is 0. The fourth-order valence-corrected chi connectivity index (χ4v) is 4.20. The van der Waals surface area contributed by atoms with E-state index in [-0.39, 0.29) is 5.91 Å². The molecule has 0 spiro atoms. The molecule has 6 heteroatoms. The minimum Gasteiger partial charge on any atom is -0.316 e. The molecule has 3 nitrogen and oxygen atoms in total. The lowest BCUT2D eigenvalue weighted by Crippen LogP contribution is -2.16. The summed E-state index contributed by atoms with van der Waals surface area (Å²) in [7, 11) is 0. The molecule has 0 aliphatic carbocycles. The van der Waals surface area contributed by atoms with E-state index in [2.05, 4.69) is 16.5 Å². The number of carbonyl (C=O) groups excluding carboxylic acids is 1. The minimum absolute atomic E-state index is 0.249. The first-order chi connectivity index (χ1) is 11.2. The molecular formula is C17H15ClN2OS2. The van der Waals surface area contributed by atoms with Crippen LogP contribution in [0.2, 0.25) is 5.02 Å².